The number of hydroxylamine groups is 2. The predicted molar refractivity (Wildman–Crippen MR) is 59.1 cm³/mol. The quantitative estimate of drug-likeness (QED) is 0.271. The Morgan fingerprint density at radius 2 is 2.06 bits per heavy atom. The lowest BCUT2D eigenvalue weighted by molar-refractivity contribution is -0.483. The average molecular weight is 288 g/mol. The van der Waals surface area contributed by atoms with E-state index in [4.69, 9.17) is 4.84 Å². The first kappa shape index (κ1) is 10.8. The van der Waals surface area contributed by atoms with Gasteiger partial charge in [0.05, 0.1) is 20.9 Å². The molecule has 0 radical (unpaired) electrons. The summed E-state index contributed by atoms with van der Waals surface area (Å²) in [5.41, 5.74) is 0.522. The van der Waals surface area contributed by atoms with Crippen molar-refractivity contribution in [2.75, 3.05) is 11.8 Å². The zero-order valence-corrected chi connectivity index (χ0v) is 9.46. The molecule has 16 heavy (non-hydrogen) atoms. The largest absolute Gasteiger partial charge is 0.713 e. The van der Waals surface area contributed by atoms with Crippen LogP contribution >= 0.6 is 15.9 Å². The highest BCUT2D eigenvalue weighted by Gasteiger charge is 2.29. The molecule has 1 aromatic carbocycles. The second-order valence-electron chi connectivity index (χ2n) is 2.97. The highest BCUT2D eigenvalue weighted by Crippen LogP contribution is 2.23. The molecule has 0 spiro atoms. The van der Waals surface area contributed by atoms with Gasteiger partial charge < -0.3 is 5.21 Å². The Bertz CT molecular complexity index is 459. The lowest BCUT2D eigenvalue weighted by Gasteiger charge is -2.05. The van der Waals surface area contributed by atoms with Crippen molar-refractivity contribution in [1.82, 2.24) is 0 Å². The van der Waals surface area contributed by atoms with Crippen molar-refractivity contribution in [3.63, 3.8) is 0 Å². The van der Waals surface area contributed by atoms with Crippen molar-refractivity contribution in [2.45, 2.75) is 0 Å². The summed E-state index contributed by atoms with van der Waals surface area (Å²) < 4.78 is 0.822. The van der Waals surface area contributed by atoms with E-state index >= 15 is 0 Å². The number of nitro groups is 1. The van der Waals surface area contributed by atoms with Gasteiger partial charge in [0.2, 0.25) is 6.73 Å². The van der Waals surface area contributed by atoms with Gasteiger partial charge in [-0.15, -0.1) is 4.84 Å². The van der Waals surface area contributed by atoms with E-state index in [-0.39, 0.29) is 17.2 Å². The fourth-order valence-corrected chi connectivity index (χ4v) is 1.62. The Morgan fingerprint density at radius 1 is 1.44 bits per heavy atom. The van der Waals surface area contributed by atoms with Crippen LogP contribution in [0.5, 0.6) is 0 Å². The smallest absolute Gasteiger partial charge is 0.356 e. The molecular weight excluding hydrogens is 282 g/mol. The molecule has 0 amide bonds. The van der Waals surface area contributed by atoms with Crippen molar-refractivity contribution < 1.29 is 14.5 Å². The minimum Gasteiger partial charge on any atom is -0.713 e. The first-order valence-electron chi connectivity index (χ1n) is 4.24. The molecule has 1 heterocycles. The van der Waals surface area contributed by atoms with Crippen molar-refractivity contribution in [3.8, 4) is 0 Å². The van der Waals surface area contributed by atoms with Crippen molar-refractivity contribution in [1.29, 1.82) is 0 Å². The Morgan fingerprint density at radius 3 is 2.50 bits per heavy atom. The molecule has 84 valence electrons. The Balaban J connectivity index is 2.26. The minimum absolute atomic E-state index is 0.0157. The van der Waals surface area contributed by atoms with Gasteiger partial charge in [-0.05, 0) is 12.1 Å². The maximum atomic E-state index is 11.1. The van der Waals surface area contributed by atoms with Crippen LogP contribution in [0.2, 0.25) is 0 Å². The first-order chi connectivity index (χ1) is 7.59. The number of non-ortho nitro benzene ring substituents is 1. The van der Waals surface area contributed by atoms with E-state index in [0.29, 0.717) is 10.4 Å². The van der Waals surface area contributed by atoms with Gasteiger partial charge in [-0.2, -0.15) is 0 Å². The second-order valence-corrected chi connectivity index (χ2v) is 3.68. The zero-order valence-electron chi connectivity index (χ0n) is 7.87. The molecule has 1 aromatic rings. The molecule has 0 saturated carbocycles. The summed E-state index contributed by atoms with van der Waals surface area (Å²) in [6.07, 6.45) is 0. The second kappa shape index (κ2) is 4.06. The SMILES string of the molecule is O=[N+]([O-])c1ccc(N2OC[N+]([O-])=C2Br)cc1. The molecule has 1 aliphatic heterocycles. The highest BCUT2D eigenvalue weighted by molar-refractivity contribution is 9.18. The van der Waals surface area contributed by atoms with Gasteiger partial charge in [-0.25, -0.2) is 4.74 Å². The van der Waals surface area contributed by atoms with Crippen LogP contribution < -0.4 is 5.06 Å². The highest BCUT2D eigenvalue weighted by atomic mass is 79.9. The maximum Gasteiger partial charge on any atom is 0.356 e. The lowest BCUT2D eigenvalue weighted by Crippen LogP contribution is -2.21. The van der Waals surface area contributed by atoms with Crippen molar-refractivity contribution in [2.24, 2.45) is 0 Å². The fraction of sp³-hybridized carbons (Fsp3) is 0.125. The Hall–Kier alpha value is -1.67. The van der Waals surface area contributed by atoms with Crippen LogP contribution in [0.15, 0.2) is 24.3 Å². The van der Waals surface area contributed by atoms with E-state index in [9.17, 15) is 15.3 Å². The summed E-state index contributed by atoms with van der Waals surface area (Å²) >= 11 is 3.05. The number of rotatable bonds is 2. The van der Waals surface area contributed by atoms with Crippen molar-refractivity contribution >= 4 is 32.0 Å². The summed E-state index contributed by atoms with van der Waals surface area (Å²) in [6.45, 7) is -0.114. The van der Waals surface area contributed by atoms with Gasteiger partial charge in [-0.3, -0.25) is 10.1 Å². The topological polar surface area (TPSA) is 81.7 Å². The molecule has 0 unspecified atom stereocenters. The van der Waals surface area contributed by atoms with Gasteiger partial charge in [0.25, 0.3) is 5.69 Å². The third-order valence-electron chi connectivity index (χ3n) is 1.97. The fourth-order valence-electron chi connectivity index (χ4n) is 1.21. The molecule has 0 N–H and O–H groups in total. The summed E-state index contributed by atoms with van der Waals surface area (Å²) in [6, 6.07) is 5.68. The van der Waals surface area contributed by atoms with E-state index in [1.807, 2.05) is 0 Å². The van der Waals surface area contributed by atoms with E-state index in [1.165, 1.54) is 29.3 Å². The number of anilines is 1. The maximum absolute atomic E-state index is 11.1. The summed E-state index contributed by atoms with van der Waals surface area (Å²) in [5.74, 6) is 0. The molecule has 0 saturated heterocycles. The standard InChI is InChI=1S/C8H6BrN3O4/c9-8-10(13)5-16-11(8)6-1-3-7(4-2-6)12(14)15/h1-4H,5H2. The van der Waals surface area contributed by atoms with Gasteiger partial charge in [0.1, 0.15) is 0 Å². The molecule has 0 atom stereocenters. The molecule has 8 heteroatoms. The summed E-state index contributed by atoms with van der Waals surface area (Å²) in [4.78, 5) is 15.0. The summed E-state index contributed by atoms with van der Waals surface area (Å²) in [5, 5.41) is 22.8. The molecule has 0 aliphatic carbocycles. The number of halogens is 1. The van der Waals surface area contributed by atoms with Gasteiger partial charge >= 0.3 is 4.74 Å². The Labute approximate surface area is 98.4 Å². The van der Waals surface area contributed by atoms with Crippen LogP contribution in [0.25, 0.3) is 0 Å². The van der Waals surface area contributed by atoms with Gasteiger partial charge in [0, 0.05) is 12.1 Å². The van der Waals surface area contributed by atoms with Crippen LogP contribution in [0.3, 0.4) is 0 Å². The first-order valence-corrected chi connectivity index (χ1v) is 5.03. The molecular formula is C8H6BrN3O4. The van der Waals surface area contributed by atoms with Crippen LogP contribution in [0, 0.1) is 15.3 Å². The zero-order chi connectivity index (χ0) is 11.7. The number of hydrogen-bond donors (Lipinski definition) is 0. The average Bonchev–Trinajstić information content (AvgIpc) is 2.60. The normalized spacial score (nSPS) is 15.7. The van der Waals surface area contributed by atoms with E-state index < -0.39 is 4.92 Å². The summed E-state index contributed by atoms with van der Waals surface area (Å²) in [7, 11) is 0. The lowest BCUT2D eigenvalue weighted by atomic mass is 10.3. The number of amidine groups is 1. The monoisotopic (exact) mass is 287 g/mol. The molecule has 2 rings (SSSR count). The van der Waals surface area contributed by atoms with Crippen LogP contribution in [-0.2, 0) is 4.84 Å². The minimum atomic E-state index is -0.493. The number of benzene rings is 1. The molecule has 1 aliphatic rings. The van der Waals surface area contributed by atoms with Crippen LogP contribution in [0.1, 0.15) is 0 Å². The molecule has 7 nitrogen and oxygen atoms in total. The third kappa shape index (κ3) is 1.84. The predicted octanol–water partition coefficient (Wildman–Crippen LogP) is 1.57. The van der Waals surface area contributed by atoms with Gasteiger partial charge in [-0.1, -0.05) is 5.06 Å². The van der Waals surface area contributed by atoms with E-state index in [1.54, 1.807) is 0 Å². The molecule has 0 bridgehead atoms. The van der Waals surface area contributed by atoms with Crippen LogP contribution in [-0.4, -0.2) is 21.1 Å². The third-order valence-corrected chi connectivity index (χ3v) is 2.69. The molecule has 0 fully saturated rings. The number of hydrogen-bond acceptors (Lipinski definition) is 5. The van der Waals surface area contributed by atoms with Crippen molar-refractivity contribution in [3.05, 3.63) is 39.6 Å². The van der Waals surface area contributed by atoms with Crippen LogP contribution in [0.4, 0.5) is 11.4 Å². The van der Waals surface area contributed by atoms with Gasteiger partial charge in [0.15, 0.2) is 5.69 Å². The molecule has 0 aromatic heterocycles. The van der Waals surface area contributed by atoms with E-state index in [0.717, 1.165) is 0 Å². The Kier molecular flexibility index (Phi) is 2.75. The van der Waals surface area contributed by atoms with E-state index in [2.05, 4.69) is 15.9 Å². The number of nitro benzene ring substituents is 1. The number of nitrogens with zero attached hydrogens (tertiary/aromatic N) is 3.